The zero-order valence-corrected chi connectivity index (χ0v) is 11.8. The maximum absolute atomic E-state index is 8.88. The van der Waals surface area contributed by atoms with Crippen LogP contribution in [0.4, 0.5) is 5.69 Å². The van der Waals surface area contributed by atoms with Crippen LogP contribution in [0.25, 0.3) is 0 Å². The lowest BCUT2D eigenvalue weighted by Gasteiger charge is -1.94. The summed E-state index contributed by atoms with van der Waals surface area (Å²) in [6.45, 7) is 2.07. The molecule has 0 fully saturated rings. The van der Waals surface area contributed by atoms with Gasteiger partial charge in [0, 0.05) is 6.21 Å². The van der Waals surface area contributed by atoms with Gasteiger partial charge in [-0.25, -0.2) is 4.57 Å². The summed E-state index contributed by atoms with van der Waals surface area (Å²) < 4.78 is 8.88. The third-order valence-corrected chi connectivity index (χ3v) is 2.20. The molecular weight excluding hydrogens is 277 g/mol. The van der Waals surface area contributed by atoms with Gasteiger partial charge in [0.2, 0.25) is 0 Å². The molecule has 3 N–H and O–H groups in total. The lowest BCUT2D eigenvalue weighted by Crippen LogP contribution is -1.77. The first-order valence-electron chi connectivity index (χ1n) is 5.79. The molecule has 6 heteroatoms. The van der Waals surface area contributed by atoms with Gasteiger partial charge in [-0.05, 0) is 24.6 Å². The van der Waals surface area contributed by atoms with Crippen molar-refractivity contribution < 1.29 is 19.2 Å². The molecular formula is C14H16NO4P. The van der Waals surface area contributed by atoms with Crippen LogP contribution in [0, 0.1) is 6.92 Å². The van der Waals surface area contributed by atoms with Crippen molar-refractivity contribution in [1.29, 1.82) is 0 Å². The molecule has 0 atom stereocenters. The number of aliphatic imine (C=N–C) groups is 1. The molecule has 0 bridgehead atoms. The molecule has 0 saturated heterocycles. The van der Waals surface area contributed by atoms with Crippen LogP contribution < -0.4 is 0 Å². The van der Waals surface area contributed by atoms with Crippen molar-refractivity contribution in [2.24, 2.45) is 4.99 Å². The quantitative estimate of drug-likeness (QED) is 0.586. The van der Waals surface area contributed by atoms with Crippen molar-refractivity contribution >= 4 is 19.7 Å². The smallest absolute Gasteiger partial charge is 0.303 e. The summed E-state index contributed by atoms with van der Waals surface area (Å²) in [5.41, 5.74) is 3.37. The zero-order chi connectivity index (χ0) is 15.0. The maximum Gasteiger partial charge on any atom is 0.466 e. The summed E-state index contributed by atoms with van der Waals surface area (Å²) in [4.78, 5) is 26.0. The number of phosphoric acid groups is 1. The minimum Gasteiger partial charge on any atom is -0.303 e. The highest BCUT2D eigenvalue weighted by molar-refractivity contribution is 7.45. The Hall–Kier alpha value is -1.78. The van der Waals surface area contributed by atoms with Gasteiger partial charge in [-0.15, -0.1) is 0 Å². The van der Waals surface area contributed by atoms with Gasteiger partial charge in [0.05, 0.1) is 5.69 Å². The van der Waals surface area contributed by atoms with Crippen molar-refractivity contribution in [3.05, 3.63) is 65.7 Å². The molecule has 0 amide bonds. The topological polar surface area (TPSA) is 90.1 Å². The molecule has 0 radical (unpaired) electrons. The van der Waals surface area contributed by atoms with E-state index in [1.54, 1.807) is 0 Å². The highest BCUT2D eigenvalue weighted by Gasteiger charge is 2.00. The van der Waals surface area contributed by atoms with Crippen molar-refractivity contribution in [2.45, 2.75) is 6.92 Å². The number of hydrogen-bond donors (Lipinski definition) is 3. The Labute approximate surface area is 117 Å². The molecule has 106 valence electrons. The van der Waals surface area contributed by atoms with E-state index >= 15 is 0 Å². The molecule has 2 aromatic rings. The van der Waals surface area contributed by atoms with Gasteiger partial charge >= 0.3 is 7.82 Å². The second-order valence-electron chi connectivity index (χ2n) is 4.02. The Morgan fingerprint density at radius 1 is 0.950 bits per heavy atom. The second-order valence-corrected chi connectivity index (χ2v) is 5.04. The average Bonchev–Trinajstić information content (AvgIpc) is 2.37. The van der Waals surface area contributed by atoms with Gasteiger partial charge in [0.15, 0.2) is 0 Å². The zero-order valence-electron chi connectivity index (χ0n) is 10.9. The summed E-state index contributed by atoms with van der Waals surface area (Å²) >= 11 is 0. The van der Waals surface area contributed by atoms with E-state index < -0.39 is 7.82 Å². The van der Waals surface area contributed by atoms with E-state index in [0.29, 0.717) is 0 Å². The molecule has 0 aliphatic rings. The van der Waals surface area contributed by atoms with Crippen LogP contribution in [-0.4, -0.2) is 20.9 Å². The van der Waals surface area contributed by atoms with Crippen molar-refractivity contribution in [1.82, 2.24) is 0 Å². The highest BCUT2D eigenvalue weighted by Crippen LogP contribution is 2.25. The van der Waals surface area contributed by atoms with E-state index in [0.717, 1.165) is 11.3 Å². The van der Waals surface area contributed by atoms with Crippen molar-refractivity contribution in [3.8, 4) is 0 Å². The first-order chi connectivity index (χ1) is 9.34. The fraction of sp³-hybridized carbons (Fsp3) is 0.0714. The lowest BCUT2D eigenvalue weighted by atomic mass is 10.2. The van der Waals surface area contributed by atoms with E-state index in [1.165, 1.54) is 5.56 Å². The average molecular weight is 293 g/mol. The largest absolute Gasteiger partial charge is 0.466 e. The summed E-state index contributed by atoms with van der Waals surface area (Å²) in [7, 11) is -4.64. The summed E-state index contributed by atoms with van der Waals surface area (Å²) in [6, 6.07) is 18.3. The minimum absolute atomic E-state index is 0.990. The third kappa shape index (κ3) is 8.34. The summed E-state index contributed by atoms with van der Waals surface area (Å²) in [6.07, 6.45) is 1.88. The van der Waals surface area contributed by atoms with Crippen LogP contribution in [0.1, 0.15) is 11.1 Å². The van der Waals surface area contributed by atoms with E-state index in [-0.39, 0.29) is 0 Å². The molecule has 0 unspecified atom stereocenters. The standard InChI is InChI=1S/C14H13N.H3O4P/c1-12-7-9-14(10-8-12)15-11-13-5-3-2-4-6-13;1-5(2,3)4/h2-11H,1H3;(H3,1,2,3,4). The van der Waals surface area contributed by atoms with Crippen LogP contribution in [0.5, 0.6) is 0 Å². The second kappa shape index (κ2) is 7.72. The molecule has 0 spiro atoms. The third-order valence-electron chi connectivity index (χ3n) is 2.20. The van der Waals surface area contributed by atoms with Gasteiger partial charge in [0.1, 0.15) is 0 Å². The number of hydrogen-bond acceptors (Lipinski definition) is 2. The molecule has 0 saturated carbocycles. The highest BCUT2D eigenvalue weighted by atomic mass is 31.2. The lowest BCUT2D eigenvalue weighted by molar-refractivity contribution is 0.275. The maximum atomic E-state index is 8.88. The summed E-state index contributed by atoms with van der Waals surface area (Å²) in [5, 5.41) is 0. The van der Waals surface area contributed by atoms with E-state index in [1.807, 2.05) is 48.7 Å². The number of rotatable bonds is 2. The molecule has 2 aromatic carbocycles. The van der Waals surface area contributed by atoms with E-state index in [4.69, 9.17) is 19.2 Å². The van der Waals surface area contributed by atoms with Gasteiger partial charge in [-0.3, -0.25) is 4.99 Å². The van der Waals surface area contributed by atoms with E-state index in [2.05, 4.69) is 24.0 Å². The predicted octanol–water partition coefficient (Wildman–Crippen LogP) is 2.82. The van der Waals surface area contributed by atoms with Gasteiger partial charge in [-0.1, -0.05) is 48.0 Å². The SMILES string of the molecule is Cc1ccc(N=Cc2ccccc2)cc1.O=P(O)(O)O. The van der Waals surface area contributed by atoms with Crippen LogP contribution >= 0.6 is 7.82 Å². The Kier molecular flexibility index (Phi) is 6.28. The fourth-order valence-electron chi connectivity index (χ4n) is 1.32. The molecule has 0 heterocycles. The van der Waals surface area contributed by atoms with Gasteiger partial charge < -0.3 is 14.7 Å². The predicted molar refractivity (Wildman–Crippen MR) is 79.1 cm³/mol. The molecule has 2 rings (SSSR count). The van der Waals surface area contributed by atoms with Crippen molar-refractivity contribution in [3.63, 3.8) is 0 Å². The Bertz CT molecular complexity index is 582. The number of nitrogens with zero attached hydrogens (tertiary/aromatic N) is 1. The minimum atomic E-state index is -4.64. The molecule has 5 nitrogen and oxygen atoms in total. The van der Waals surface area contributed by atoms with E-state index in [9.17, 15) is 0 Å². The van der Waals surface area contributed by atoms with Crippen LogP contribution in [-0.2, 0) is 4.57 Å². The van der Waals surface area contributed by atoms with Crippen LogP contribution in [0.2, 0.25) is 0 Å². The van der Waals surface area contributed by atoms with Crippen LogP contribution in [0.15, 0.2) is 59.6 Å². The number of benzene rings is 2. The van der Waals surface area contributed by atoms with Gasteiger partial charge in [-0.2, -0.15) is 0 Å². The normalized spacial score (nSPS) is 11.0. The first-order valence-corrected chi connectivity index (χ1v) is 7.35. The van der Waals surface area contributed by atoms with Gasteiger partial charge in [0.25, 0.3) is 0 Å². The molecule has 20 heavy (non-hydrogen) atoms. The Balaban J connectivity index is 0.000000347. The molecule has 0 aliphatic carbocycles. The Morgan fingerprint density at radius 2 is 1.45 bits per heavy atom. The van der Waals surface area contributed by atoms with Crippen molar-refractivity contribution in [2.75, 3.05) is 0 Å². The fourth-order valence-corrected chi connectivity index (χ4v) is 1.32. The van der Waals surface area contributed by atoms with Crippen LogP contribution in [0.3, 0.4) is 0 Å². The number of aryl methyl sites for hydroxylation is 1. The monoisotopic (exact) mass is 293 g/mol. The Morgan fingerprint density at radius 3 is 1.95 bits per heavy atom. The first kappa shape index (κ1) is 16.3. The summed E-state index contributed by atoms with van der Waals surface area (Å²) in [5.74, 6) is 0. The molecule has 0 aliphatic heterocycles. The molecule has 0 aromatic heterocycles.